The molecule has 6 heteroatoms. The van der Waals surface area contributed by atoms with E-state index in [0.717, 1.165) is 10.0 Å². The summed E-state index contributed by atoms with van der Waals surface area (Å²) >= 11 is 3.44. The van der Waals surface area contributed by atoms with E-state index in [1.165, 1.54) is 0 Å². The van der Waals surface area contributed by atoms with Crippen molar-refractivity contribution in [3.8, 4) is 11.5 Å². The molecule has 0 spiro atoms. The van der Waals surface area contributed by atoms with E-state index in [2.05, 4.69) is 21.2 Å². The summed E-state index contributed by atoms with van der Waals surface area (Å²) in [7, 11) is 3.15. The Morgan fingerprint density at radius 3 is 2.47 bits per heavy atom. The maximum Gasteiger partial charge on any atom is 0.221 e. The Balaban J connectivity index is 2.76. The Bertz CT molecular complexity index is 450. The molecular weight excluding hydrogens is 312 g/mol. The molecule has 0 aliphatic heterocycles. The third-order valence-electron chi connectivity index (χ3n) is 2.54. The van der Waals surface area contributed by atoms with Gasteiger partial charge in [-0.1, -0.05) is 15.9 Å². The zero-order valence-corrected chi connectivity index (χ0v) is 12.9. The van der Waals surface area contributed by atoms with Gasteiger partial charge in [0.25, 0.3) is 0 Å². The second-order valence-electron chi connectivity index (χ2n) is 4.26. The molecule has 3 N–H and O–H groups in total. The molecule has 5 nitrogen and oxygen atoms in total. The summed E-state index contributed by atoms with van der Waals surface area (Å²) in [6.45, 7) is 2.21. The van der Waals surface area contributed by atoms with Gasteiger partial charge >= 0.3 is 0 Å². The minimum absolute atomic E-state index is 0.0725. The molecule has 1 aromatic rings. The molecule has 106 valence electrons. The highest BCUT2D eigenvalue weighted by Gasteiger charge is 2.11. The molecule has 0 radical (unpaired) electrons. The highest BCUT2D eigenvalue weighted by atomic mass is 79.9. The number of halogens is 1. The van der Waals surface area contributed by atoms with Gasteiger partial charge in [-0.25, -0.2) is 0 Å². The molecule has 0 fully saturated rings. The fourth-order valence-electron chi connectivity index (χ4n) is 1.59. The summed E-state index contributed by atoms with van der Waals surface area (Å²) in [5.41, 5.74) is 6.48. The van der Waals surface area contributed by atoms with Gasteiger partial charge in [-0.2, -0.15) is 0 Å². The Labute approximate surface area is 121 Å². The Morgan fingerprint density at radius 1 is 1.37 bits per heavy atom. The number of carbonyl (C=O) groups is 1. The molecule has 0 aromatic heterocycles. The van der Waals surface area contributed by atoms with Crippen LogP contribution < -0.4 is 20.5 Å². The highest BCUT2D eigenvalue weighted by Crippen LogP contribution is 2.33. The van der Waals surface area contributed by atoms with E-state index in [-0.39, 0.29) is 11.9 Å². The minimum atomic E-state index is -0.145. The number of hydrogen-bond donors (Lipinski definition) is 2. The number of amides is 1. The van der Waals surface area contributed by atoms with Gasteiger partial charge in [0.1, 0.15) is 0 Å². The largest absolute Gasteiger partial charge is 0.493 e. The van der Waals surface area contributed by atoms with Crippen molar-refractivity contribution in [1.29, 1.82) is 0 Å². The van der Waals surface area contributed by atoms with Crippen molar-refractivity contribution in [1.82, 2.24) is 5.32 Å². The van der Waals surface area contributed by atoms with Crippen LogP contribution in [0.15, 0.2) is 16.6 Å². The topological polar surface area (TPSA) is 73.6 Å². The van der Waals surface area contributed by atoms with Crippen molar-refractivity contribution < 1.29 is 14.3 Å². The van der Waals surface area contributed by atoms with Gasteiger partial charge in [-0.15, -0.1) is 0 Å². The van der Waals surface area contributed by atoms with Crippen LogP contribution in [-0.2, 0) is 11.3 Å². The van der Waals surface area contributed by atoms with Gasteiger partial charge in [-0.3, -0.25) is 4.79 Å². The van der Waals surface area contributed by atoms with Crippen molar-refractivity contribution in [2.45, 2.75) is 25.9 Å². The molecular formula is C13H19BrN2O3. The van der Waals surface area contributed by atoms with Crippen molar-refractivity contribution in [2.75, 3.05) is 14.2 Å². The summed E-state index contributed by atoms with van der Waals surface area (Å²) in [6.07, 6.45) is 0.310. The maximum atomic E-state index is 11.6. The Kier molecular flexibility index (Phi) is 6.11. The average Bonchev–Trinajstić information content (AvgIpc) is 2.36. The predicted molar refractivity (Wildman–Crippen MR) is 77.4 cm³/mol. The second kappa shape index (κ2) is 7.35. The number of rotatable bonds is 6. The lowest BCUT2D eigenvalue weighted by Crippen LogP contribution is -2.29. The molecule has 0 saturated heterocycles. The number of ether oxygens (including phenoxy) is 2. The number of nitrogens with one attached hydrogen (secondary N) is 1. The standard InChI is InChI=1S/C13H19BrN2O3/c1-8(15)4-13(17)16-7-9-5-11(18-2)12(19-3)6-10(9)14/h5-6,8H,4,7,15H2,1-3H3,(H,16,17). The molecule has 0 aliphatic rings. The second-order valence-corrected chi connectivity index (χ2v) is 5.11. The first-order chi connectivity index (χ1) is 8.97. The van der Waals surface area contributed by atoms with Crippen LogP contribution in [0.1, 0.15) is 18.9 Å². The summed E-state index contributed by atoms with van der Waals surface area (Å²) in [4.78, 5) is 11.6. The normalized spacial score (nSPS) is 11.8. The van der Waals surface area contributed by atoms with Crippen LogP contribution in [0.25, 0.3) is 0 Å². The van der Waals surface area contributed by atoms with Crippen LogP contribution >= 0.6 is 15.9 Å². The van der Waals surface area contributed by atoms with Crippen LogP contribution in [0, 0.1) is 0 Å². The van der Waals surface area contributed by atoms with E-state index in [4.69, 9.17) is 15.2 Å². The molecule has 1 rings (SSSR count). The van der Waals surface area contributed by atoms with Gasteiger partial charge in [0.05, 0.1) is 14.2 Å². The maximum absolute atomic E-state index is 11.6. The first-order valence-corrected chi connectivity index (χ1v) is 6.70. The molecule has 1 amide bonds. The van der Waals surface area contributed by atoms with Crippen molar-refractivity contribution in [3.05, 3.63) is 22.2 Å². The molecule has 0 bridgehead atoms. The zero-order valence-electron chi connectivity index (χ0n) is 11.3. The van der Waals surface area contributed by atoms with E-state index in [1.807, 2.05) is 12.1 Å². The summed E-state index contributed by atoms with van der Waals surface area (Å²) < 4.78 is 11.3. The van der Waals surface area contributed by atoms with E-state index < -0.39 is 0 Å². The van der Waals surface area contributed by atoms with E-state index in [9.17, 15) is 4.79 Å². The Hall–Kier alpha value is -1.27. The summed E-state index contributed by atoms with van der Waals surface area (Å²) in [5.74, 6) is 1.19. The van der Waals surface area contributed by atoms with Crippen molar-refractivity contribution in [3.63, 3.8) is 0 Å². The summed E-state index contributed by atoms with van der Waals surface area (Å²) in [5, 5.41) is 2.81. The number of nitrogens with two attached hydrogens (primary N) is 1. The molecule has 1 atom stereocenters. The SMILES string of the molecule is COc1cc(Br)c(CNC(=O)CC(C)N)cc1OC. The van der Waals surface area contributed by atoms with Crippen LogP contribution in [-0.4, -0.2) is 26.2 Å². The number of methoxy groups -OCH3 is 2. The lowest BCUT2D eigenvalue weighted by molar-refractivity contribution is -0.121. The molecule has 1 aromatic carbocycles. The van der Waals surface area contributed by atoms with Crippen molar-refractivity contribution in [2.24, 2.45) is 5.73 Å². The van der Waals surface area contributed by atoms with Gasteiger partial charge in [0, 0.05) is 23.5 Å². The van der Waals surface area contributed by atoms with E-state index in [0.29, 0.717) is 24.5 Å². The lowest BCUT2D eigenvalue weighted by Gasteiger charge is -2.13. The van der Waals surface area contributed by atoms with Gasteiger partial charge in [0.2, 0.25) is 5.91 Å². The number of carbonyl (C=O) groups excluding carboxylic acids is 1. The predicted octanol–water partition coefficient (Wildman–Crippen LogP) is 1.82. The first-order valence-electron chi connectivity index (χ1n) is 5.90. The van der Waals surface area contributed by atoms with Crippen LogP contribution in [0.3, 0.4) is 0 Å². The van der Waals surface area contributed by atoms with Crippen molar-refractivity contribution >= 4 is 21.8 Å². The van der Waals surface area contributed by atoms with Gasteiger partial charge in [0.15, 0.2) is 11.5 Å². The lowest BCUT2D eigenvalue weighted by atomic mass is 10.2. The van der Waals surface area contributed by atoms with E-state index in [1.54, 1.807) is 21.1 Å². The Morgan fingerprint density at radius 2 is 1.95 bits per heavy atom. The molecule has 0 heterocycles. The van der Waals surface area contributed by atoms with E-state index >= 15 is 0 Å². The highest BCUT2D eigenvalue weighted by molar-refractivity contribution is 9.10. The van der Waals surface area contributed by atoms with Crippen LogP contribution in [0.2, 0.25) is 0 Å². The monoisotopic (exact) mass is 330 g/mol. The fraction of sp³-hybridized carbons (Fsp3) is 0.462. The number of benzene rings is 1. The van der Waals surface area contributed by atoms with Gasteiger partial charge in [-0.05, 0) is 24.6 Å². The third-order valence-corrected chi connectivity index (χ3v) is 3.27. The first kappa shape index (κ1) is 15.8. The smallest absolute Gasteiger partial charge is 0.221 e. The zero-order chi connectivity index (χ0) is 14.4. The van der Waals surface area contributed by atoms with Crippen LogP contribution in [0.5, 0.6) is 11.5 Å². The molecule has 0 aliphatic carbocycles. The molecule has 1 unspecified atom stereocenters. The molecule has 0 saturated carbocycles. The fourth-order valence-corrected chi connectivity index (χ4v) is 2.05. The number of hydrogen-bond acceptors (Lipinski definition) is 4. The van der Waals surface area contributed by atoms with Gasteiger partial charge < -0.3 is 20.5 Å². The summed E-state index contributed by atoms with van der Waals surface area (Å²) in [6, 6.07) is 3.50. The van der Waals surface area contributed by atoms with Crippen LogP contribution in [0.4, 0.5) is 0 Å². The minimum Gasteiger partial charge on any atom is -0.493 e. The quantitative estimate of drug-likeness (QED) is 0.834. The average molecular weight is 331 g/mol. The third kappa shape index (κ3) is 4.72. The molecule has 19 heavy (non-hydrogen) atoms.